The zero-order chi connectivity index (χ0) is 11.3. The van der Waals surface area contributed by atoms with Crippen LogP contribution in [-0.4, -0.2) is 27.4 Å². The maximum absolute atomic E-state index is 11.7. The molecule has 0 aliphatic heterocycles. The Bertz CT molecular complexity index is 327. The Kier molecular flexibility index (Phi) is 4.98. The molecule has 0 aliphatic rings. The van der Waals surface area contributed by atoms with Crippen molar-refractivity contribution in [1.29, 1.82) is 0 Å². The van der Waals surface area contributed by atoms with Crippen LogP contribution in [-0.2, 0) is 6.42 Å². The predicted octanol–water partition coefficient (Wildman–Crippen LogP) is 1.85. The first-order valence-corrected chi connectivity index (χ1v) is 6.09. The highest BCUT2D eigenvalue weighted by Crippen LogP contribution is 2.12. The van der Waals surface area contributed by atoms with Crippen molar-refractivity contribution in [2.45, 2.75) is 32.1 Å². The minimum Gasteiger partial charge on any atom is -0.350 e. The van der Waals surface area contributed by atoms with Crippen molar-refractivity contribution in [3.05, 3.63) is 10.6 Å². The molecule has 6 heteroatoms. The third kappa shape index (κ3) is 3.76. The van der Waals surface area contributed by atoms with Crippen LogP contribution in [0, 0.1) is 0 Å². The lowest BCUT2D eigenvalue weighted by Gasteiger charge is -2.05. The van der Waals surface area contributed by atoms with Gasteiger partial charge in [0.1, 0.15) is 4.88 Å². The molecule has 0 saturated carbocycles. The molecule has 1 heterocycles. The highest BCUT2D eigenvalue weighted by Gasteiger charge is 2.15. The monoisotopic (exact) mass is 247 g/mol. The summed E-state index contributed by atoms with van der Waals surface area (Å²) in [5, 5.41) is 6.61. The van der Waals surface area contributed by atoms with Crippen LogP contribution in [0.3, 0.4) is 0 Å². The van der Waals surface area contributed by atoms with E-state index in [1.807, 2.05) is 13.8 Å². The van der Waals surface area contributed by atoms with Gasteiger partial charge in [-0.25, -0.2) is 0 Å². The average molecular weight is 248 g/mol. The lowest BCUT2D eigenvalue weighted by atomic mass is 10.2. The van der Waals surface area contributed by atoms with Gasteiger partial charge in [-0.2, -0.15) is 0 Å². The third-order valence-electron chi connectivity index (χ3n) is 1.79. The molecule has 4 nitrogen and oxygen atoms in total. The highest BCUT2D eigenvalue weighted by atomic mass is 35.5. The van der Waals surface area contributed by atoms with E-state index < -0.39 is 0 Å². The van der Waals surface area contributed by atoms with E-state index in [1.165, 1.54) is 0 Å². The lowest BCUT2D eigenvalue weighted by Crippen LogP contribution is -2.28. The molecule has 0 spiro atoms. The molecule has 1 unspecified atom stereocenters. The molecule has 15 heavy (non-hydrogen) atoms. The second-order valence-corrected chi connectivity index (χ2v) is 4.79. The van der Waals surface area contributed by atoms with E-state index in [4.69, 9.17) is 11.6 Å². The molecular formula is C9H14ClN3OS. The number of hydrogen-bond donors (Lipinski definition) is 1. The molecule has 84 valence electrons. The number of nitrogens with one attached hydrogen (secondary N) is 1. The van der Waals surface area contributed by atoms with Gasteiger partial charge in [-0.3, -0.25) is 4.79 Å². The summed E-state index contributed by atoms with van der Waals surface area (Å²) in [5.41, 5.74) is 0.780. The largest absolute Gasteiger partial charge is 0.350 e. The number of aromatic nitrogens is 2. The molecule has 0 fully saturated rings. The van der Waals surface area contributed by atoms with Crippen LogP contribution >= 0.6 is 23.1 Å². The number of hydrogen-bond acceptors (Lipinski definition) is 4. The van der Waals surface area contributed by atoms with Gasteiger partial charge in [0.25, 0.3) is 5.91 Å². The first-order chi connectivity index (χ1) is 7.15. The van der Waals surface area contributed by atoms with Gasteiger partial charge in [0.15, 0.2) is 0 Å². The van der Waals surface area contributed by atoms with Gasteiger partial charge in [-0.05, 0) is 24.9 Å². The zero-order valence-electron chi connectivity index (χ0n) is 8.79. The summed E-state index contributed by atoms with van der Waals surface area (Å²) in [4.78, 5) is 12.3. The summed E-state index contributed by atoms with van der Waals surface area (Å²) in [6, 6.07) is 0. The zero-order valence-corrected chi connectivity index (χ0v) is 10.4. The second-order valence-electron chi connectivity index (χ2n) is 3.29. The Hall–Kier alpha value is -0.680. The van der Waals surface area contributed by atoms with E-state index in [1.54, 1.807) is 0 Å². The molecule has 1 aromatic heterocycles. The van der Waals surface area contributed by atoms with Crippen LogP contribution in [0.4, 0.5) is 0 Å². The average Bonchev–Trinajstić information content (AvgIpc) is 2.63. The summed E-state index contributed by atoms with van der Waals surface area (Å²) < 4.78 is 3.79. The van der Waals surface area contributed by atoms with Crippen molar-refractivity contribution in [3.63, 3.8) is 0 Å². The Morgan fingerprint density at radius 2 is 2.40 bits per heavy atom. The van der Waals surface area contributed by atoms with E-state index in [2.05, 4.69) is 14.9 Å². The summed E-state index contributed by atoms with van der Waals surface area (Å²) in [6.07, 6.45) is 1.74. The van der Waals surface area contributed by atoms with Crippen LogP contribution in [0.15, 0.2) is 0 Å². The molecule has 0 saturated heterocycles. The van der Waals surface area contributed by atoms with Crippen LogP contribution in [0.1, 0.15) is 35.6 Å². The molecule has 0 radical (unpaired) electrons. The fourth-order valence-electron chi connectivity index (χ4n) is 1.10. The standard InChI is InChI=1S/C9H14ClN3OS/c1-3-4-7-8(15-13-12-7)9(14)11-5-6(2)10/h6H,3-5H2,1-2H3,(H,11,14). The van der Waals surface area contributed by atoms with E-state index in [0.29, 0.717) is 11.4 Å². The van der Waals surface area contributed by atoms with E-state index in [9.17, 15) is 4.79 Å². The van der Waals surface area contributed by atoms with Crippen LogP contribution in [0.25, 0.3) is 0 Å². The number of carbonyl (C=O) groups is 1. The maximum atomic E-state index is 11.7. The molecule has 1 aromatic rings. The van der Waals surface area contributed by atoms with Crippen LogP contribution in [0.2, 0.25) is 0 Å². The maximum Gasteiger partial charge on any atom is 0.264 e. The van der Waals surface area contributed by atoms with Gasteiger partial charge < -0.3 is 5.32 Å². The Morgan fingerprint density at radius 3 is 3.00 bits per heavy atom. The minimum atomic E-state index is -0.124. The number of amides is 1. The second kappa shape index (κ2) is 6.02. The summed E-state index contributed by atoms with van der Waals surface area (Å²) in [7, 11) is 0. The van der Waals surface area contributed by atoms with E-state index in [0.717, 1.165) is 30.1 Å². The molecule has 1 rings (SSSR count). The van der Waals surface area contributed by atoms with Gasteiger partial charge in [0.05, 0.1) is 5.69 Å². The number of aryl methyl sites for hydroxylation is 1. The number of nitrogens with zero attached hydrogens (tertiary/aromatic N) is 2. The van der Waals surface area contributed by atoms with Crippen molar-refractivity contribution in [3.8, 4) is 0 Å². The minimum absolute atomic E-state index is 0.0653. The van der Waals surface area contributed by atoms with Gasteiger partial charge in [0.2, 0.25) is 0 Å². The molecule has 0 aliphatic carbocycles. The van der Waals surface area contributed by atoms with Gasteiger partial charge in [0, 0.05) is 11.9 Å². The number of halogens is 1. The Balaban J connectivity index is 2.60. The summed E-state index contributed by atoms with van der Waals surface area (Å²) in [6.45, 7) is 4.34. The fraction of sp³-hybridized carbons (Fsp3) is 0.667. The predicted molar refractivity (Wildman–Crippen MR) is 61.6 cm³/mol. The first-order valence-electron chi connectivity index (χ1n) is 4.88. The van der Waals surface area contributed by atoms with Crippen molar-refractivity contribution in [2.24, 2.45) is 0 Å². The van der Waals surface area contributed by atoms with Crippen LogP contribution < -0.4 is 5.32 Å². The van der Waals surface area contributed by atoms with E-state index in [-0.39, 0.29) is 11.3 Å². The van der Waals surface area contributed by atoms with Crippen LogP contribution in [0.5, 0.6) is 0 Å². The SMILES string of the molecule is CCCc1nnsc1C(=O)NCC(C)Cl. The molecule has 1 N–H and O–H groups in total. The smallest absolute Gasteiger partial charge is 0.264 e. The topological polar surface area (TPSA) is 54.9 Å². The summed E-state index contributed by atoms with van der Waals surface area (Å²) in [5.74, 6) is -0.124. The molecule has 1 amide bonds. The fourth-order valence-corrected chi connectivity index (χ4v) is 1.80. The van der Waals surface area contributed by atoms with Gasteiger partial charge in [-0.15, -0.1) is 16.7 Å². The number of alkyl halides is 1. The first kappa shape index (κ1) is 12.4. The Labute approximate surface area is 98.2 Å². The quantitative estimate of drug-likeness (QED) is 0.808. The van der Waals surface area contributed by atoms with Gasteiger partial charge in [-0.1, -0.05) is 17.8 Å². The van der Waals surface area contributed by atoms with Crippen molar-refractivity contribution in [2.75, 3.05) is 6.54 Å². The highest BCUT2D eigenvalue weighted by molar-refractivity contribution is 7.08. The number of rotatable bonds is 5. The Morgan fingerprint density at radius 1 is 1.67 bits per heavy atom. The van der Waals surface area contributed by atoms with E-state index >= 15 is 0 Å². The number of carbonyl (C=O) groups excluding carboxylic acids is 1. The third-order valence-corrected chi connectivity index (χ3v) is 2.71. The summed E-state index contributed by atoms with van der Waals surface area (Å²) >= 11 is 6.87. The molecule has 1 atom stereocenters. The van der Waals surface area contributed by atoms with Crippen molar-refractivity contribution < 1.29 is 4.79 Å². The molecule has 0 bridgehead atoms. The normalized spacial score (nSPS) is 12.5. The molecule has 0 aromatic carbocycles. The van der Waals surface area contributed by atoms with Gasteiger partial charge >= 0.3 is 0 Å². The molecular weight excluding hydrogens is 234 g/mol. The van der Waals surface area contributed by atoms with Crippen molar-refractivity contribution in [1.82, 2.24) is 14.9 Å². The lowest BCUT2D eigenvalue weighted by molar-refractivity contribution is 0.0957. The van der Waals surface area contributed by atoms with Crippen molar-refractivity contribution >= 4 is 29.0 Å².